The van der Waals surface area contributed by atoms with Crippen molar-refractivity contribution < 1.29 is 18.0 Å². The lowest BCUT2D eigenvalue weighted by Crippen LogP contribution is -2.22. The van der Waals surface area contributed by atoms with Crippen LogP contribution in [-0.2, 0) is 10.3 Å². The fraction of sp³-hybridized carbons (Fsp3) is 0.417. The third kappa shape index (κ3) is 1.93. The summed E-state index contributed by atoms with van der Waals surface area (Å²) >= 11 is 5.29. The fourth-order valence-electron chi connectivity index (χ4n) is 2.40. The molecule has 0 amide bonds. The zero-order chi connectivity index (χ0) is 13.3. The minimum absolute atomic E-state index is 0.261. The summed E-state index contributed by atoms with van der Waals surface area (Å²) in [6, 6.07) is 0.812. The van der Waals surface area contributed by atoms with Crippen molar-refractivity contribution >= 4 is 17.7 Å². The van der Waals surface area contributed by atoms with Gasteiger partial charge in [0.25, 0.3) is 0 Å². The topological polar surface area (TPSA) is 29.4 Å². The molecule has 0 radical (unpaired) electrons. The summed E-state index contributed by atoms with van der Waals surface area (Å²) in [5, 5.41) is -0.889. The molecule has 0 atom stereocenters. The monoisotopic (exact) mass is 275 g/mol. The van der Waals surface area contributed by atoms with Gasteiger partial charge in [0.1, 0.15) is 16.4 Å². The molecule has 1 aliphatic rings. The van der Waals surface area contributed by atoms with Crippen molar-refractivity contribution in [3.8, 4) is 0 Å². The standard InChI is InChI=1S/C12H9ClF3NO/c13-9-8(14)5-7(10(15)11(9)16)12(17-6-18)3-1-2-4-12/h5H,1-4H2. The van der Waals surface area contributed by atoms with E-state index >= 15 is 0 Å². The molecule has 18 heavy (non-hydrogen) atoms. The first-order valence-electron chi connectivity index (χ1n) is 5.44. The first-order chi connectivity index (χ1) is 8.52. The fourth-order valence-corrected chi connectivity index (χ4v) is 2.54. The molecule has 0 N–H and O–H groups in total. The second kappa shape index (κ2) is 4.75. The molecule has 1 aromatic rings. The van der Waals surface area contributed by atoms with Crippen molar-refractivity contribution in [1.82, 2.24) is 0 Å². The highest BCUT2D eigenvalue weighted by molar-refractivity contribution is 6.30. The molecular formula is C12H9ClF3NO. The first kappa shape index (κ1) is 13.1. The lowest BCUT2D eigenvalue weighted by molar-refractivity contribution is 0.405. The molecule has 2 rings (SSSR count). The van der Waals surface area contributed by atoms with Crippen LogP contribution in [-0.4, -0.2) is 6.08 Å². The van der Waals surface area contributed by atoms with E-state index in [1.165, 1.54) is 6.08 Å². The molecule has 2 nitrogen and oxygen atoms in total. The summed E-state index contributed by atoms with van der Waals surface area (Å²) < 4.78 is 40.7. The molecule has 0 bridgehead atoms. The van der Waals surface area contributed by atoms with E-state index in [2.05, 4.69) is 4.99 Å². The Morgan fingerprint density at radius 3 is 2.39 bits per heavy atom. The van der Waals surface area contributed by atoms with Gasteiger partial charge < -0.3 is 0 Å². The zero-order valence-corrected chi connectivity index (χ0v) is 10.0. The van der Waals surface area contributed by atoms with Gasteiger partial charge in [-0.2, -0.15) is 4.99 Å². The molecule has 0 spiro atoms. The molecule has 0 aliphatic heterocycles. The van der Waals surface area contributed by atoms with Crippen LogP contribution in [0.3, 0.4) is 0 Å². The Bertz CT molecular complexity index is 535. The van der Waals surface area contributed by atoms with Crippen LogP contribution >= 0.6 is 11.6 Å². The molecule has 96 valence electrons. The van der Waals surface area contributed by atoms with Gasteiger partial charge in [-0.15, -0.1) is 0 Å². The van der Waals surface area contributed by atoms with Crippen LogP contribution in [0.5, 0.6) is 0 Å². The van der Waals surface area contributed by atoms with E-state index in [1.54, 1.807) is 0 Å². The third-order valence-electron chi connectivity index (χ3n) is 3.29. The highest BCUT2D eigenvalue weighted by Crippen LogP contribution is 2.44. The van der Waals surface area contributed by atoms with Crippen LogP contribution in [0.25, 0.3) is 0 Å². The Morgan fingerprint density at radius 2 is 1.83 bits per heavy atom. The van der Waals surface area contributed by atoms with Crippen LogP contribution in [0.4, 0.5) is 13.2 Å². The van der Waals surface area contributed by atoms with E-state index in [-0.39, 0.29) is 5.56 Å². The quantitative estimate of drug-likeness (QED) is 0.349. The normalized spacial score (nSPS) is 17.6. The predicted molar refractivity (Wildman–Crippen MR) is 59.6 cm³/mol. The number of hydrogen-bond acceptors (Lipinski definition) is 2. The largest absolute Gasteiger partial charge is 0.235 e. The summed E-state index contributed by atoms with van der Waals surface area (Å²) in [5.41, 5.74) is -1.47. The van der Waals surface area contributed by atoms with Crippen LogP contribution in [0.15, 0.2) is 11.1 Å². The lowest BCUT2D eigenvalue weighted by atomic mass is 9.88. The maximum absolute atomic E-state index is 13.8. The van der Waals surface area contributed by atoms with E-state index in [0.29, 0.717) is 25.7 Å². The average molecular weight is 276 g/mol. The van der Waals surface area contributed by atoms with E-state index in [1.807, 2.05) is 0 Å². The van der Waals surface area contributed by atoms with E-state index in [0.717, 1.165) is 6.07 Å². The molecule has 1 aliphatic carbocycles. The second-order valence-corrected chi connectivity index (χ2v) is 4.67. The molecule has 1 aromatic carbocycles. The Balaban J connectivity index is 2.66. The van der Waals surface area contributed by atoms with Gasteiger partial charge in [-0.25, -0.2) is 18.0 Å². The molecule has 1 saturated carbocycles. The SMILES string of the molecule is O=C=NC1(c2cc(F)c(Cl)c(F)c2F)CCCC1. The number of isocyanates is 1. The van der Waals surface area contributed by atoms with Crippen molar-refractivity contribution in [2.24, 2.45) is 4.99 Å². The highest BCUT2D eigenvalue weighted by atomic mass is 35.5. The van der Waals surface area contributed by atoms with Gasteiger partial charge in [-0.1, -0.05) is 24.4 Å². The molecule has 6 heteroatoms. The smallest absolute Gasteiger partial charge is 0.211 e. The molecule has 0 aromatic heterocycles. The average Bonchev–Trinajstić information content (AvgIpc) is 2.81. The Hall–Kier alpha value is -1.32. The van der Waals surface area contributed by atoms with Gasteiger partial charge in [-0.05, 0) is 18.9 Å². The van der Waals surface area contributed by atoms with E-state index in [9.17, 15) is 18.0 Å². The van der Waals surface area contributed by atoms with Crippen LogP contribution in [0, 0.1) is 17.5 Å². The summed E-state index contributed by atoms with van der Waals surface area (Å²) in [6.45, 7) is 0. The molecule has 0 unspecified atom stereocenters. The van der Waals surface area contributed by atoms with Crippen LogP contribution in [0.1, 0.15) is 31.2 Å². The minimum atomic E-state index is -1.45. The number of benzene rings is 1. The zero-order valence-electron chi connectivity index (χ0n) is 9.27. The number of rotatable bonds is 2. The molecular weight excluding hydrogens is 267 g/mol. The van der Waals surface area contributed by atoms with E-state index < -0.39 is 28.0 Å². The lowest BCUT2D eigenvalue weighted by Gasteiger charge is -2.23. The minimum Gasteiger partial charge on any atom is -0.211 e. The Labute approximate surface area is 106 Å². The Morgan fingerprint density at radius 1 is 1.22 bits per heavy atom. The van der Waals surface area contributed by atoms with E-state index in [4.69, 9.17) is 11.6 Å². The molecule has 1 fully saturated rings. The van der Waals surface area contributed by atoms with Crippen molar-refractivity contribution in [3.63, 3.8) is 0 Å². The maximum Gasteiger partial charge on any atom is 0.235 e. The number of nitrogens with zero attached hydrogens (tertiary/aromatic N) is 1. The van der Waals surface area contributed by atoms with Gasteiger partial charge in [0.2, 0.25) is 6.08 Å². The van der Waals surface area contributed by atoms with Crippen LogP contribution < -0.4 is 0 Å². The second-order valence-electron chi connectivity index (χ2n) is 4.29. The number of hydrogen-bond donors (Lipinski definition) is 0. The van der Waals surface area contributed by atoms with Crippen molar-refractivity contribution in [1.29, 1.82) is 0 Å². The van der Waals surface area contributed by atoms with Gasteiger partial charge in [0.05, 0.1) is 0 Å². The summed E-state index contributed by atoms with van der Waals surface area (Å²) in [7, 11) is 0. The maximum atomic E-state index is 13.8. The first-order valence-corrected chi connectivity index (χ1v) is 5.82. The van der Waals surface area contributed by atoms with Crippen LogP contribution in [0.2, 0.25) is 5.02 Å². The predicted octanol–water partition coefficient (Wildman–Crippen LogP) is 3.86. The van der Waals surface area contributed by atoms with Crippen molar-refractivity contribution in [2.45, 2.75) is 31.2 Å². The van der Waals surface area contributed by atoms with Gasteiger partial charge in [0, 0.05) is 5.56 Å². The van der Waals surface area contributed by atoms with Crippen molar-refractivity contribution in [3.05, 3.63) is 34.1 Å². The van der Waals surface area contributed by atoms with Gasteiger partial charge >= 0.3 is 0 Å². The molecule has 0 heterocycles. The summed E-state index contributed by atoms with van der Waals surface area (Å²) in [6.07, 6.45) is 3.49. The number of carbonyl (C=O) groups excluding carboxylic acids is 1. The van der Waals surface area contributed by atoms with Crippen molar-refractivity contribution in [2.75, 3.05) is 0 Å². The number of halogens is 4. The third-order valence-corrected chi connectivity index (χ3v) is 3.64. The Kier molecular flexibility index (Phi) is 3.46. The molecule has 0 saturated heterocycles. The highest BCUT2D eigenvalue weighted by Gasteiger charge is 2.39. The van der Waals surface area contributed by atoms with Gasteiger partial charge in [-0.3, -0.25) is 0 Å². The van der Waals surface area contributed by atoms with Gasteiger partial charge in [0.15, 0.2) is 11.6 Å². The number of aliphatic imine (C=N–C) groups is 1. The summed E-state index contributed by atoms with van der Waals surface area (Å²) in [4.78, 5) is 14.0. The summed E-state index contributed by atoms with van der Waals surface area (Å²) in [5.74, 6) is -3.75.